The van der Waals surface area contributed by atoms with Crippen LogP contribution in [0.15, 0.2) is 54.7 Å². The highest BCUT2D eigenvalue weighted by Gasteiger charge is 2.27. The zero-order valence-corrected chi connectivity index (χ0v) is 20.8. The van der Waals surface area contributed by atoms with E-state index in [-0.39, 0.29) is 23.7 Å². The second-order valence-corrected chi connectivity index (χ2v) is 9.63. The Hall–Kier alpha value is -3.89. The van der Waals surface area contributed by atoms with Gasteiger partial charge in [-0.05, 0) is 55.3 Å². The highest BCUT2D eigenvalue weighted by atomic mass is 32.1. The van der Waals surface area contributed by atoms with Gasteiger partial charge in [-0.3, -0.25) is 24.8 Å². The number of anilines is 2. The summed E-state index contributed by atoms with van der Waals surface area (Å²) >= 11 is 1.42. The highest BCUT2D eigenvalue weighted by Crippen LogP contribution is 2.35. The quantitative estimate of drug-likeness (QED) is 0.272. The summed E-state index contributed by atoms with van der Waals surface area (Å²) in [7, 11) is 0. The number of morpholine rings is 1. The number of hydrogen-bond donors (Lipinski definition) is 0. The minimum Gasteiger partial charge on any atom is -0.378 e. The van der Waals surface area contributed by atoms with Crippen molar-refractivity contribution in [3.8, 4) is 0 Å². The zero-order chi connectivity index (χ0) is 25.2. The molecule has 0 N–H and O–H groups in total. The first-order valence-corrected chi connectivity index (χ1v) is 12.4. The molecule has 1 aliphatic rings. The number of amides is 1. The Morgan fingerprint density at radius 3 is 2.69 bits per heavy atom. The Kier molecular flexibility index (Phi) is 6.62. The van der Waals surface area contributed by atoms with Gasteiger partial charge in [0.1, 0.15) is 5.69 Å². The summed E-state index contributed by atoms with van der Waals surface area (Å²) in [6, 6.07) is 14.2. The number of nitrogens with zero attached hydrogens (tertiary/aromatic N) is 5. The van der Waals surface area contributed by atoms with Crippen LogP contribution in [-0.2, 0) is 11.3 Å². The maximum atomic E-state index is 13.8. The van der Waals surface area contributed by atoms with Gasteiger partial charge in [0.25, 0.3) is 11.6 Å². The Bertz CT molecular complexity index is 1430. The van der Waals surface area contributed by atoms with Gasteiger partial charge in [0.2, 0.25) is 0 Å². The number of hydrogen-bond acceptors (Lipinski definition) is 8. The van der Waals surface area contributed by atoms with E-state index in [0.29, 0.717) is 42.8 Å². The van der Waals surface area contributed by atoms with Crippen molar-refractivity contribution < 1.29 is 14.5 Å². The summed E-state index contributed by atoms with van der Waals surface area (Å²) in [6.45, 7) is 6.36. The summed E-state index contributed by atoms with van der Waals surface area (Å²) in [4.78, 5) is 38.0. The lowest BCUT2D eigenvalue weighted by molar-refractivity contribution is -0.384. The Labute approximate surface area is 212 Å². The molecule has 36 heavy (non-hydrogen) atoms. The number of carbonyl (C=O) groups excluding carboxylic acids is 1. The van der Waals surface area contributed by atoms with E-state index in [2.05, 4.69) is 4.98 Å². The second kappa shape index (κ2) is 10.00. The SMILES string of the molecule is Cc1ccc2sc(N(Cc3ccccn3)C(=O)c3ccc(N4CCOCC4)c([N+](=O)[O-])c3)nc2c1C. The first-order chi connectivity index (χ1) is 17.4. The molecular weight excluding hydrogens is 478 g/mol. The number of nitro benzene ring substituents is 1. The van der Waals surface area contributed by atoms with E-state index in [1.54, 1.807) is 23.2 Å². The number of benzene rings is 2. The lowest BCUT2D eigenvalue weighted by Crippen LogP contribution is -2.36. The van der Waals surface area contributed by atoms with Crippen LogP contribution in [0.25, 0.3) is 10.2 Å². The van der Waals surface area contributed by atoms with E-state index in [1.807, 2.05) is 49.1 Å². The molecular formula is C26H25N5O4S. The van der Waals surface area contributed by atoms with Gasteiger partial charge in [-0.15, -0.1) is 0 Å². The Balaban J connectivity index is 1.56. The van der Waals surface area contributed by atoms with Gasteiger partial charge in [-0.2, -0.15) is 0 Å². The molecule has 184 valence electrons. The van der Waals surface area contributed by atoms with Crippen molar-refractivity contribution in [1.82, 2.24) is 9.97 Å². The van der Waals surface area contributed by atoms with Gasteiger partial charge in [0, 0.05) is 30.9 Å². The number of rotatable bonds is 6. The van der Waals surface area contributed by atoms with Crippen molar-refractivity contribution in [1.29, 1.82) is 0 Å². The first kappa shape index (κ1) is 23.8. The number of aryl methyl sites for hydroxylation is 2. The van der Waals surface area contributed by atoms with E-state index in [0.717, 1.165) is 21.3 Å². The van der Waals surface area contributed by atoms with Gasteiger partial charge >= 0.3 is 0 Å². The van der Waals surface area contributed by atoms with E-state index >= 15 is 0 Å². The Morgan fingerprint density at radius 1 is 1.17 bits per heavy atom. The molecule has 5 rings (SSSR count). The van der Waals surface area contributed by atoms with Gasteiger partial charge in [-0.25, -0.2) is 4.98 Å². The predicted octanol–water partition coefficient (Wildman–Crippen LogP) is 4.90. The molecule has 2 aromatic carbocycles. The van der Waals surface area contributed by atoms with Crippen LogP contribution in [0.3, 0.4) is 0 Å². The average molecular weight is 504 g/mol. The van der Waals surface area contributed by atoms with Crippen molar-refractivity contribution in [2.24, 2.45) is 0 Å². The average Bonchev–Trinajstić information content (AvgIpc) is 3.34. The van der Waals surface area contributed by atoms with Gasteiger partial charge < -0.3 is 9.64 Å². The number of aromatic nitrogens is 2. The van der Waals surface area contributed by atoms with Gasteiger partial charge in [0.05, 0.1) is 40.6 Å². The van der Waals surface area contributed by atoms with Crippen molar-refractivity contribution in [2.45, 2.75) is 20.4 Å². The second-order valence-electron chi connectivity index (χ2n) is 8.62. The lowest BCUT2D eigenvalue weighted by atomic mass is 10.1. The zero-order valence-electron chi connectivity index (χ0n) is 20.0. The molecule has 0 unspecified atom stereocenters. The van der Waals surface area contributed by atoms with Crippen LogP contribution in [-0.4, -0.2) is 47.1 Å². The molecule has 0 atom stereocenters. The summed E-state index contributed by atoms with van der Waals surface area (Å²) in [5, 5.41) is 12.5. The van der Waals surface area contributed by atoms with Crippen LogP contribution in [0.4, 0.5) is 16.5 Å². The summed E-state index contributed by atoms with van der Waals surface area (Å²) in [6.07, 6.45) is 1.67. The maximum Gasteiger partial charge on any atom is 0.293 e. The minimum absolute atomic E-state index is 0.101. The molecule has 3 heterocycles. The Morgan fingerprint density at radius 2 is 1.97 bits per heavy atom. The molecule has 2 aromatic heterocycles. The number of pyridine rings is 1. The highest BCUT2D eigenvalue weighted by molar-refractivity contribution is 7.22. The molecule has 0 radical (unpaired) electrons. The smallest absolute Gasteiger partial charge is 0.293 e. The summed E-state index contributed by atoms with van der Waals surface area (Å²) in [5.74, 6) is -0.370. The van der Waals surface area contributed by atoms with Crippen LogP contribution in [0.2, 0.25) is 0 Å². The number of fused-ring (bicyclic) bond motifs is 1. The molecule has 4 aromatic rings. The molecule has 0 aliphatic carbocycles. The predicted molar refractivity (Wildman–Crippen MR) is 140 cm³/mol. The molecule has 0 spiro atoms. The van der Waals surface area contributed by atoms with E-state index in [1.165, 1.54) is 17.4 Å². The maximum absolute atomic E-state index is 13.8. The number of ether oxygens (including phenoxy) is 1. The molecule has 1 fully saturated rings. The number of nitro groups is 1. The van der Waals surface area contributed by atoms with Crippen LogP contribution < -0.4 is 9.80 Å². The van der Waals surface area contributed by atoms with Gasteiger partial charge in [-0.1, -0.05) is 23.5 Å². The van der Waals surface area contributed by atoms with Crippen molar-refractivity contribution >= 4 is 44.0 Å². The van der Waals surface area contributed by atoms with Crippen LogP contribution >= 0.6 is 11.3 Å². The standard InChI is InChI=1S/C26H25N5O4S/c1-17-6-9-23-24(18(17)2)28-26(36-23)30(16-20-5-3-4-10-27-20)25(32)19-7-8-21(22(15-19)31(33)34)29-11-13-35-14-12-29/h3-10,15H,11-14,16H2,1-2H3. The normalized spacial score (nSPS) is 13.7. The third-order valence-electron chi connectivity index (χ3n) is 6.37. The third-order valence-corrected chi connectivity index (χ3v) is 7.41. The molecule has 0 bridgehead atoms. The van der Waals surface area contributed by atoms with Crippen molar-refractivity contribution in [2.75, 3.05) is 36.1 Å². The van der Waals surface area contributed by atoms with Crippen LogP contribution in [0.5, 0.6) is 0 Å². The molecule has 1 saturated heterocycles. The summed E-state index contributed by atoms with van der Waals surface area (Å²) in [5.41, 5.74) is 4.34. The number of thiazole rings is 1. The molecule has 9 nitrogen and oxygen atoms in total. The number of carbonyl (C=O) groups is 1. The minimum atomic E-state index is -0.436. The van der Waals surface area contributed by atoms with Crippen molar-refractivity contribution in [3.63, 3.8) is 0 Å². The fourth-order valence-electron chi connectivity index (χ4n) is 4.24. The molecule has 10 heteroatoms. The van der Waals surface area contributed by atoms with Crippen molar-refractivity contribution in [3.05, 3.63) is 87.2 Å². The van der Waals surface area contributed by atoms with E-state index in [9.17, 15) is 14.9 Å². The van der Waals surface area contributed by atoms with E-state index in [4.69, 9.17) is 9.72 Å². The van der Waals surface area contributed by atoms with Crippen LogP contribution in [0.1, 0.15) is 27.2 Å². The third kappa shape index (κ3) is 4.65. The topological polar surface area (TPSA) is 102 Å². The lowest BCUT2D eigenvalue weighted by Gasteiger charge is -2.28. The largest absolute Gasteiger partial charge is 0.378 e. The van der Waals surface area contributed by atoms with E-state index < -0.39 is 4.92 Å². The molecule has 1 aliphatic heterocycles. The fourth-order valence-corrected chi connectivity index (χ4v) is 5.26. The molecule has 0 saturated carbocycles. The molecule has 1 amide bonds. The first-order valence-electron chi connectivity index (χ1n) is 11.6. The monoisotopic (exact) mass is 503 g/mol. The van der Waals surface area contributed by atoms with Crippen LogP contribution in [0, 0.1) is 24.0 Å². The fraction of sp³-hybridized carbons (Fsp3) is 0.269. The summed E-state index contributed by atoms with van der Waals surface area (Å²) < 4.78 is 6.35. The van der Waals surface area contributed by atoms with Gasteiger partial charge in [0.15, 0.2) is 5.13 Å².